The molecule has 2 aromatic carbocycles. The first kappa shape index (κ1) is 19.4. The van der Waals surface area contributed by atoms with E-state index in [0.29, 0.717) is 6.61 Å². The average Bonchev–Trinajstić information content (AvgIpc) is 3.18. The molecule has 1 amide bonds. The van der Waals surface area contributed by atoms with E-state index in [1.807, 2.05) is 6.92 Å². The van der Waals surface area contributed by atoms with Gasteiger partial charge < -0.3 is 14.5 Å². The van der Waals surface area contributed by atoms with Crippen molar-refractivity contribution in [1.29, 1.82) is 0 Å². The van der Waals surface area contributed by atoms with Gasteiger partial charge in [0.25, 0.3) is 0 Å². The lowest BCUT2D eigenvalue weighted by atomic mass is 10.1. The molecule has 3 aromatic rings. The number of carbonyl (C=O) groups is 1. The van der Waals surface area contributed by atoms with Crippen LogP contribution in [-0.4, -0.2) is 17.6 Å². The third-order valence-electron chi connectivity index (χ3n) is 3.68. The summed E-state index contributed by atoms with van der Waals surface area (Å²) in [6.45, 7) is 2.50. The van der Waals surface area contributed by atoms with Gasteiger partial charge in [-0.05, 0) is 67.7 Å². The monoisotopic (exact) mass is 399 g/mol. The van der Waals surface area contributed by atoms with E-state index in [4.69, 9.17) is 21.4 Å². The van der Waals surface area contributed by atoms with Crippen molar-refractivity contribution in [2.24, 2.45) is 0 Å². The summed E-state index contributed by atoms with van der Waals surface area (Å²) in [4.78, 5) is 12.2. The minimum absolute atomic E-state index is 0.0228. The van der Waals surface area contributed by atoms with Crippen LogP contribution in [0, 0.1) is 5.82 Å². The lowest BCUT2D eigenvalue weighted by Gasteiger charge is -2.11. The highest BCUT2D eigenvalue weighted by Gasteiger charge is 2.14. The van der Waals surface area contributed by atoms with E-state index in [2.05, 4.69) is 16.2 Å². The second-order valence-corrected chi connectivity index (χ2v) is 6.04. The number of anilines is 1. The molecule has 0 fully saturated rings. The van der Waals surface area contributed by atoms with Crippen molar-refractivity contribution in [3.63, 3.8) is 0 Å². The van der Waals surface area contributed by atoms with Crippen LogP contribution in [0.2, 0.25) is 0 Å². The van der Waals surface area contributed by atoms with Gasteiger partial charge in [-0.15, -0.1) is 0 Å². The SMILES string of the molecule is CCOc1ccc(NC(=S)NNC(=O)c2ccc(-c3ccccc3F)o2)cc1. The number of thiocarbonyl (C=S) groups is 1. The molecule has 0 aliphatic heterocycles. The molecule has 1 aromatic heterocycles. The number of amides is 1. The molecule has 0 bridgehead atoms. The molecule has 1 heterocycles. The molecule has 3 N–H and O–H groups in total. The molecule has 0 saturated heterocycles. The van der Waals surface area contributed by atoms with Crippen molar-refractivity contribution in [3.05, 3.63) is 72.2 Å². The number of nitrogens with one attached hydrogen (secondary N) is 3. The second kappa shape index (κ2) is 9.01. The Morgan fingerprint density at radius 1 is 1.07 bits per heavy atom. The zero-order valence-electron chi connectivity index (χ0n) is 15.0. The largest absolute Gasteiger partial charge is 0.494 e. The fraction of sp³-hybridized carbons (Fsp3) is 0.100. The van der Waals surface area contributed by atoms with Gasteiger partial charge in [0.05, 0.1) is 12.2 Å². The fourth-order valence-electron chi connectivity index (χ4n) is 2.40. The van der Waals surface area contributed by atoms with Gasteiger partial charge in [-0.2, -0.15) is 0 Å². The molecular weight excluding hydrogens is 381 g/mol. The van der Waals surface area contributed by atoms with Crippen molar-refractivity contribution in [2.75, 3.05) is 11.9 Å². The maximum Gasteiger partial charge on any atom is 0.305 e. The first-order valence-electron chi connectivity index (χ1n) is 8.51. The van der Waals surface area contributed by atoms with E-state index in [1.165, 1.54) is 18.2 Å². The summed E-state index contributed by atoms with van der Waals surface area (Å²) in [5, 5.41) is 3.12. The summed E-state index contributed by atoms with van der Waals surface area (Å²) in [6.07, 6.45) is 0. The molecule has 8 heteroatoms. The minimum atomic E-state index is -0.543. The predicted octanol–water partition coefficient (Wildman–Crippen LogP) is 4.12. The van der Waals surface area contributed by atoms with Crippen LogP contribution >= 0.6 is 12.2 Å². The first-order chi connectivity index (χ1) is 13.6. The number of hydrogen-bond acceptors (Lipinski definition) is 4. The van der Waals surface area contributed by atoms with Gasteiger partial charge in [-0.1, -0.05) is 12.1 Å². The van der Waals surface area contributed by atoms with Crippen LogP contribution in [0.25, 0.3) is 11.3 Å². The topological polar surface area (TPSA) is 75.5 Å². The summed E-state index contributed by atoms with van der Waals surface area (Å²) in [5.74, 6) is 0.0674. The van der Waals surface area contributed by atoms with Gasteiger partial charge in [0.2, 0.25) is 0 Å². The van der Waals surface area contributed by atoms with Gasteiger partial charge in [0, 0.05) is 5.69 Å². The lowest BCUT2D eigenvalue weighted by molar-refractivity contribution is 0.0917. The molecule has 28 heavy (non-hydrogen) atoms. The summed E-state index contributed by atoms with van der Waals surface area (Å²) < 4.78 is 24.6. The number of hydrazine groups is 1. The highest BCUT2D eigenvalue weighted by Crippen LogP contribution is 2.24. The number of hydrogen-bond donors (Lipinski definition) is 3. The summed E-state index contributed by atoms with van der Waals surface area (Å²) >= 11 is 5.14. The Bertz CT molecular complexity index is 973. The Hall–Kier alpha value is -3.39. The van der Waals surface area contributed by atoms with Crippen LogP contribution in [0.3, 0.4) is 0 Å². The standard InChI is InChI=1S/C20H18FN3O3S/c1-2-26-14-9-7-13(8-10-14)22-20(28)24-23-19(25)18-12-11-17(27-18)15-5-3-4-6-16(15)21/h3-12H,2H2,1H3,(H,23,25)(H2,22,24,28). The van der Waals surface area contributed by atoms with Crippen molar-refractivity contribution in [1.82, 2.24) is 10.9 Å². The van der Waals surface area contributed by atoms with Crippen LogP contribution in [0.5, 0.6) is 5.75 Å². The molecule has 0 radical (unpaired) electrons. The Balaban J connectivity index is 1.54. The van der Waals surface area contributed by atoms with E-state index in [0.717, 1.165) is 11.4 Å². The predicted molar refractivity (Wildman–Crippen MR) is 109 cm³/mol. The number of halogens is 1. The quantitative estimate of drug-likeness (QED) is 0.443. The van der Waals surface area contributed by atoms with Gasteiger partial charge in [0.1, 0.15) is 17.3 Å². The van der Waals surface area contributed by atoms with Crippen molar-refractivity contribution >= 4 is 28.9 Å². The summed E-state index contributed by atoms with van der Waals surface area (Å²) in [6, 6.07) is 16.4. The van der Waals surface area contributed by atoms with Gasteiger partial charge in [0.15, 0.2) is 10.9 Å². The Labute approximate surface area is 166 Å². The smallest absolute Gasteiger partial charge is 0.305 e. The lowest BCUT2D eigenvalue weighted by Crippen LogP contribution is -2.43. The summed E-state index contributed by atoms with van der Waals surface area (Å²) in [7, 11) is 0. The normalized spacial score (nSPS) is 10.2. The van der Waals surface area contributed by atoms with E-state index in [1.54, 1.807) is 42.5 Å². The third-order valence-corrected chi connectivity index (χ3v) is 3.89. The van der Waals surface area contributed by atoms with Gasteiger partial charge >= 0.3 is 5.91 Å². The Morgan fingerprint density at radius 2 is 1.82 bits per heavy atom. The molecule has 0 aliphatic carbocycles. The molecule has 3 rings (SSSR count). The molecule has 0 saturated carbocycles. The zero-order chi connectivity index (χ0) is 19.9. The number of ether oxygens (including phenoxy) is 1. The Morgan fingerprint density at radius 3 is 2.54 bits per heavy atom. The minimum Gasteiger partial charge on any atom is -0.494 e. The van der Waals surface area contributed by atoms with E-state index in [-0.39, 0.29) is 22.2 Å². The van der Waals surface area contributed by atoms with Crippen molar-refractivity contribution in [3.8, 4) is 17.1 Å². The molecule has 0 aliphatic rings. The molecule has 144 valence electrons. The van der Waals surface area contributed by atoms with Crippen LogP contribution in [0.15, 0.2) is 65.1 Å². The van der Waals surface area contributed by atoms with Crippen molar-refractivity contribution in [2.45, 2.75) is 6.92 Å². The molecular formula is C20H18FN3O3S. The van der Waals surface area contributed by atoms with Crippen LogP contribution < -0.4 is 20.9 Å². The second-order valence-electron chi connectivity index (χ2n) is 5.63. The first-order valence-corrected chi connectivity index (χ1v) is 8.92. The zero-order valence-corrected chi connectivity index (χ0v) is 15.8. The van der Waals surface area contributed by atoms with E-state index in [9.17, 15) is 9.18 Å². The molecule has 0 unspecified atom stereocenters. The maximum atomic E-state index is 13.8. The van der Waals surface area contributed by atoms with Crippen molar-refractivity contribution < 1.29 is 18.3 Å². The van der Waals surface area contributed by atoms with Gasteiger partial charge in [-0.3, -0.25) is 15.6 Å². The third kappa shape index (κ3) is 4.86. The molecule has 0 spiro atoms. The summed E-state index contributed by atoms with van der Waals surface area (Å²) in [5.41, 5.74) is 6.02. The fourth-order valence-corrected chi connectivity index (χ4v) is 2.57. The van der Waals surface area contributed by atoms with Crippen LogP contribution in [0.4, 0.5) is 10.1 Å². The Kier molecular flexibility index (Phi) is 6.23. The number of rotatable bonds is 5. The average molecular weight is 399 g/mol. The number of furan rings is 1. The van der Waals surface area contributed by atoms with Crippen LogP contribution in [-0.2, 0) is 0 Å². The molecule has 6 nitrogen and oxygen atoms in total. The highest BCUT2D eigenvalue weighted by atomic mass is 32.1. The number of carbonyl (C=O) groups excluding carboxylic acids is 1. The molecule has 0 atom stereocenters. The van der Waals surface area contributed by atoms with E-state index >= 15 is 0 Å². The van der Waals surface area contributed by atoms with E-state index < -0.39 is 11.7 Å². The van der Waals surface area contributed by atoms with Gasteiger partial charge in [-0.25, -0.2) is 4.39 Å². The van der Waals surface area contributed by atoms with Crippen LogP contribution in [0.1, 0.15) is 17.5 Å². The highest BCUT2D eigenvalue weighted by molar-refractivity contribution is 7.80. The number of benzene rings is 2. The maximum absolute atomic E-state index is 13.8.